The molecular weight excluding hydrogens is 579 g/mol. The Morgan fingerprint density at radius 2 is 1.69 bits per heavy atom. The molecule has 0 aliphatic rings. The summed E-state index contributed by atoms with van der Waals surface area (Å²) in [7, 11) is 1.45. The number of methoxy groups -OCH3 is 1. The van der Waals surface area contributed by atoms with Gasteiger partial charge >= 0.3 is 11.9 Å². The average molecular weight is 598 g/mol. The van der Waals surface area contributed by atoms with E-state index in [1.165, 1.54) is 49.6 Å². The number of nitrogens with zero attached hydrogens (tertiary/aromatic N) is 1. The van der Waals surface area contributed by atoms with E-state index in [9.17, 15) is 19.6 Å². The molecule has 3 aromatic carbocycles. The van der Waals surface area contributed by atoms with Gasteiger partial charge in [-0.15, -0.1) is 0 Å². The van der Waals surface area contributed by atoms with Crippen molar-refractivity contribution < 1.29 is 34.1 Å². The molecule has 0 spiro atoms. The van der Waals surface area contributed by atoms with Crippen molar-refractivity contribution in [3.8, 4) is 17.6 Å². The number of anilines is 1. The maximum Gasteiger partial charge on any atom is 0.335 e. The maximum absolute atomic E-state index is 12.6. The lowest BCUT2D eigenvalue weighted by atomic mass is 10.1. The molecule has 3 N–H and O–H groups in total. The van der Waals surface area contributed by atoms with Gasteiger partial charge < -0.3 is 25.0 Å². The van der Waals surface area contributed by atoms with E-state index in [4.69, 9.17) is 19.7 Å². The molecule has 0 saturated carbocycles. The van der Waals surface area contributed by atoms with Crippen LogP contribution in [0, 0.1) is 14.9 Å². The van der Waals surface area contributed by atoms with E-state index in [-0.39, 0.29) is 29.0 Å². The van der Waals surface area contributed by atoms with E-state index in [2.05, 4.69) is 5.32 Å². The number of benzene rings is 3. The highest BCUT2D eigenvalue weighted by atomic mass is 127. The monoisotopic (exact) mass is 598 g/mol. The first-order valence-corrected chi connectivity index (χ1v) is 11.4. The van der Waals surface area contributed by atoms with Crippen molar-refractivity contribution in [1.82, 2.24) is 0 Å². The third-order valence-corrected chi connectivity index (χ3v) is 5.65. The predicted octanol–water partition coefficient (Wildman–Crippen LogP) is 4.82. The summed E-state index contributed by atoms with van der Waals surface area (Å²) in [6.07, 6.45) is 1.38. The minimum absolute atomic E-state index is 0.000136. The summed E-state index contributed by atoms with van der Waals surface area (Å²) < 4.78 is 12.0. The Balaban J connectivity index is 1.82. The third kappa shape index (κ3) is 6.61. The standard InChI is InChI=1S/C26H19IN2O7/c1-35-22-11-16(9-19(13-28)24(30)29-20-7-3-6-18(12-20)26(33)34)10-21(27)23(22)36-14-15-4-2-5-17(8-15)25(31)32/h2-12H,14H2,1H3,(H,29,30)(H,31,32)(H,33,34)/b19-9-. The van der Waals surface area contributed by atoms with Crippen LogP contribution in [0.3, 0.4) is 0 Å². The summed E-state index contributed by atoms with van der Waals surface area (Å²) in [5.41, 5.74) is 1.35. The molecule has 10 heteroatoms. The number of nitrogens with one attached hydrogen (secondary N) is 1. The number of carboxylic acids is 2. The normalized spacial score (nSPS) is 10.8. The van der Waals surface area contributed by atoms with E-state index < -0.39 is 17.8 Å². The van der Waals surface area contributed by atoms with Gasteiger partial charge in [-0.1, -0.05) is 18.2 Å². The van der Waals surface area contributed by atoms with Crippen molar-refractivity contribution in [1.29, 1.82) is 5.26 Å². The van der Waals surface area contributed by atoms with Gasteiger partial charge in [0.15, 0.2) is 11.5 Å². The third-order valence-electron chi connectivity index (χ3n) is 4.85. The second-order valence-electron chi connectivity index (χ2n) is 7.34. The molecule has 0 radical (unpaired) electrons. The molecule has 0 aliphatic heterocycles. The lowest BCUT2D eigenvalue weighted by Gasteiger charge is -2.14. The van der Waals surface area contributed by atoms with Crippen LogP contribution in [-0.2, 0) is 11.4 Å². The van der Waals surface area contributed by atoms with Crippen LogP contribution in [0.1, 0.15) is 31.8 Å². The number of rotatable bonds is 9. The van der Waals surface area contributed by atoms with E-state index in [1.54, 1.807) is 24.3 Å². The van der Waals surface area contributed by atoms with Crippen molar-refractivity contribution in [3.63, 3.8) is 0 Å². The van der Waals surface area contributed by atoms with Gasteiger partial charge in [0.1, 0.15) is 18.2 Å². The zero-order valence-corrected chi connectivity index (χ0v) is 21.0. The van der Waals surface area contributed by atoms with Crippen LogP contribution < -0.4 is 14.8 Å². The first-order valence-electron chi connectivity index (χ1n) is 10.3. The highest BCUT2D eigenvalue weighted by molar-refractivity contribution is 14.1. The zero-order valence-electron chi connectivity index (χ0n) is 18.8. The molecule has 36 heavy (non-hydrogen) atoms. The Bertz CT molecular complexity index is 1410. The Hall–Kier alpha value is -4.37. The fourth-order valence-electron chi connectivity index (χ4n) is 3.16. The summed E-state index contributed by atoms with van der Waals surface area (Å²) in [5.74, 6) is -2.10. The fourth-order valence-corrected chi connectivity index (χ4v) is 3.94. The first-order chi connectivity index (χ1) is 17.2. The van der Waals surface area contributed by atoms with Gasteiger partial charge in [-0.25, -0.2) is 9.59 Å². The molecule has 0 saturated heterocycles. The van der Waals surface area contributed by atoms with Gasteiger partial charge in [-0.2, -0.15) is 5.26 Å². The first kappa shape index (κ1) is 26.2. The fraction of sp³-hybridized carbons (Fsp3) is 0.0769. The van der Waals surface area contributed by atoms with E-state index >= 15 is 0 Å². The Kier molecular flexibility index (Phi) is 8.64. The van der Waals surface area contributed by atoms with Crippen LogP contribution >= 0.6 is 22.6 Å². The number of aromatic carboxylic acids is 2. The van der Waals surface area contributed by atoms with Gasteiger partial charge in [0.05, 0.1) is 21.8 Å². The lowest BCUT2D eigenvalue weighted by Crippen LogP contribution is -2.14. The van der Waals surface area contributed by atoms with Crippen LogP contribution in [0.2, 0.25) is 0 Å². The predicted molar refractivity (Wildman–Crippen MR) is 139 cm³/mol. The smallest absolute Gasteiger partial charge is 0.335 e. The van der Waals surface area contributed by atoms with Crippen molar-refractivity contribution in [2.24, 2.45) is 0 Å². The number of hydrogen-bond donors (Lipinski definition) is 3. The van der Waals surface area contributed by atoms with E-state index in [0.29, 0.717) is 26.2 Å². The molecule has 3 rings (SSSR count). The number of amides is 1. The lowest BCUT2D eigenvalue weighted by molar-refractivity contribution is -0.112. The largest absolute Gasteiger partial charge is 0.493 e. The minimum Gasteiger partial charge on any atom is -0.493 e. The van der Waals surface area contributed by atoms with E-state index in [1.807, 2.05) is 28.7 Å². The van der Waals surface area contributed by atoms with Crippen LogP contribution in [0.25, 0.3) is 6.08 Å². The summed E-state index contributed by atoms with van der Waals surface area (Å²) >= 11 is 2.03. The summed E-state index contributed by atoms with van der Waals surface area (Å²) in [5, 5.41) is 30.3. The zero-order chi connectivity index (χ0) is 26.2. The molecular formula is C26H19IN2O7. The number of ether oxygens (including phenoxy) is 2. The maximum atomic E-state index is 12.6. The summed E-state index contributed by atoms with van der Waals surface area (Å²) in [4.78, 5) is 34.9. The molecule has 0 aromatic heterocycles. The number of halogens is 1. The molecule has 9 nitrogen and oxygen atoms in total. The van der Waals surface area contributed by atoms with Crippen molar-refractivity contribution in [2.75, 3.05) is 12.4 Å². The van der Waals surface area contributed by atoms with Crippen LogP contribution in [0.15, 0.2) is 66.2 Å². The molecule has 0 unspecified atom stereocenters. The summed E-state index contributed by atoms with van der Waals surface area (Å²) in [6.45, 7) is 0.101. The van der Waals surface area contributed by atoms with Crippen molar-refractivity contribution in [2.45, 2.75) is 6.61 Å². The van der Waals surface area contributed by atoms with Crippen molar-refractivity contribution >= 4 is 52.2 Å². The number of nitriles is 1. The Morgan fingerprint density at radius 3 is 2.33 bits per heavy atom. The number of carboxylic acid groups (broad SMARTS) is 2. The quantitative estimate of drug-likeness (QED) is 0.181. The van der Waals surface area contributed by atoms with Gasteiger partial charge in [0, 0.05) is 5.69 Å². The van der Waals surface area contributed by atoms with Gasteiger partial charge in [-0.05, 0) is 82.3 Å². The van der Waals surface area contributed by atoms with Crippen LogP contribution in [0.4, 0.5) is 5.69 Å². The molecule has 0 fully saturated rings. The minimum atomic E-state index is -1.14. The van der Waals surface area contributed by atoms with E-state index in [0.717, 1.165) is 0 Å². The van der Waals surface area contributed by atoms with Crippen molar-refractivity contribution in [3.05, 3.63) is 92.1 Å². The molecule has 3 aromatic rings. The molecule has 0 bridgehead atoms. The van der Waals surface area contributed by atoms with Gasteiger partial charge in [0.25, 0.3) is 5.91 Å². The SMILES string of the molecule is COc1cc(/C=C(/C#N)C(=O)Nc2cccc(C(=O)O)c2)cc(I)c1OCc1cccc(C(=O)O)c1. The Morgan fingerprint density at radius 1 is 1.03 bits per heavy atom. The highest BCUT2D eigenvalue weighted by Gasteiger charge is 2.15. The molecule has 0 heterocycles. The topological polar surface area (TPSA) is 146 Å². The number of hydrogen-bond acceptors (Lipinski definition) is 6. The molecule has 0 aliphatic carbocycles. The molecule has 1 amide bonds. The Labute approximate surface area is 219 Å². The van der Waals surface area contributed by atoms with Gasteiger partial charge in [-0.3, -0.25) is 4.79 Å². The van der Waals surface area contributed by atoms with Gasteiger partial charge in [0.2, 0.25) is 0 Å². The van der Waals surface area contributed by atoms with Crippen LogP contribution in [-0.4, -0.2) is 35.2 Å². The van der Waals surface area contributed by atoms with Crippen LogP contribution in [0.5, 0.6) is 11.5 Å². The number of carbonyl (C=O) groups is 3. The second-order valence-corrected chi connectivity index (χ2v) is 8.50. The second kappa shape index (κ2) is 11.9. The molecule has 0 atom stereocenters. The average Bonchev–Trinajstić information content (AvgIpc) is 2.86. The molecule has 182 valence electrons. The number of carbonyl (C=O) groups excluding carboxylic acids is 1. The highest BCUT2D eigenvalue weighted by Crippen LogP contribution is 2.35. The summed E-state index contributed by atoms with van der Waals surface area (Å²) in [6, 6.07) is 17.2.